The molecular formula is C12H24O2. The molecule has 0 heterocycles. The molecule has 2 nitrogen and oxygen atoms in total. The number of rotatable bonds is 9. The Kier molecular flexibility index (Phi) is 9.00. The molecule has 84 valence electrons. The Balaban J connectivity index is 3.33. The lowest BCUT2D eigenvalue weighted by atomic mass is 10.1. The van der Waals surface area contributed by atoms with E-state index in [9.17, 15) is 5.11 Å². The van der Waals surface area contributed by atoms with E-state index in [2.05, 4.69) is 6.58 Å². The van der Waals surface area contributed by atoms with Crippen LogP contribution >= 0.6 is 0 Å². The van der Waals surface area contributed by atoms with E-state index >= 15 is 0 Å². The molecule has 0 aromatic rings. The Hall–Kier alpha value is -0.340. The molecule has 0 amide bonds. The van der Waals surface area contributed by atoms with Gasteiger partial charge in [0.2, 0.25) is 0 Å². The summed E-state index contributed by atoms with van der Waals surface area (Å²) >= 11 is 0. The molecule has 2 heteroatoms. The maximum Gasteiger partial charge on any atom is 0.0805 e. The molecule has 2 unspecified atom stereocenters. The molecule has 14 heavy (non-hydrogen) atoms. The van der Waals surface area contributed by atoms with Crippen molar-refractivity contribution in [3.8, 4) is 0 Å². The van der Waals surface area contributed by atoms with E-state index in [4.69, 9.17) is 4.74 Å². The van der Waals surface area contributed by atoms with E-state index in [0.29, 0.717) is 6.61 Å². The fourth-order valence-corrected chi connectivity index (χ4v) is 1.43. The van der Waals surface area contributed by atoms with Crippen molar-refractivity contribution in [2.24, 2.45) is 0 Å². The van der Waals surface area contributed by atoms with E-state index in [1.807, 2.05) is 19.9 Å². The van der Waals surface area contributed by atoms with Gasteiger partial charge in [0, 0.05) is 6.61 Å². The topological polar surface area (TPSA) is 29.5 Å². The highest BCUT2D eigenvalue weighted by molar-refractivity contribution is 4.67. The third-order valence-electron chi connectivity index (χ3n) is 2.38. The van der Waals surface area contributed by atoms with E-state index in [1.54, 1.807) is 0 Å². The molecule has 0 aliphatic rings. The van der Waals surface area contributed by atoms with Crippen LogP contribution in [-0.4, -0.2) is 23.9 Å². The second kappa shape index (κ2) is 9.22. The molecule has 0 fully saturated rings. The van der Waals surface area contributed by atoms with E-state index in [0.717, 1.165) is 19.3 Å². The quantitative estimate of drug-likeness (QED) is 0.458. The average Bonchev–Trinajstić information content (AvgIpc) is 2.17. The van der Waals surface area contributed by atoms with Crippen LogP contribution in [0.25, 0.3) is 0 Å². The Bertz CT molecular complexity index is 134. The van der Waals surface area contributed by atoms with E-state index < -0.39 is 0 Å². The fraction of sp³-hybridized carbons (Fsp3) is 0.833. The molecule has 0 saturated carbocycles. The largest absolute Gasteiger partial charge is 0.390 e. The smallest absolute Gasteiger partial charge is 0.0805 e. The van der Waals surface area contributed by atoms with Gasteiger partial charge in [-0.15, -0.1) is 6.58 Å². The summed E-state index contributed by atoms with van der Waals surface area (Å²) in [6.07, 6.45) is 6.96. The maximum absolute atomic E-state index is 9.66. The molecule has 0 aliphatic heterocycles. The van der Waals surface area contributed by atoms with Crippen molar-refractivity contribution in [3.63, 3.8) is 0 Å². The Morgan fingerprint density at radius 3 is 2.64 bits per heavy atom. The highest BCUT2D eigenvalue weighted by atomic mass is 16.5. The Labute approximate surface area is 88.0 Å². The summed E-state index contributed by atoms with van der Waals surface area (Å²) in [6, 6.07) is 0. The minimum absolute atomic E-state index is 0.0283. The third-order valence-corrected chi connectivity index (χ3v) is 2.38. The molecule has 0 spiro atoms. The molecule has 0 rings (SSSR count). The van der Waals surface area contributed by atoms with Crippen LogP contribution in [0.15, 0.2) is 12.7 Å². The van der Waals surface area contributed by atoms with Crippen LogP contribution in [0.5, 0.6) is 0 Å². The normalized spacial score (nSPS) is 15.1. The highest BCUT2D eigenvalue weighted by Crippen LogP contribution is 2.10. The van der Waals surface area contributed by atoms with Crippen LogP contribution in [0.3, 0.4) is 0 Å². The summed E-state index contributed by atoms with van der Waals surface area (Å²) in [6.45, 7) is 8.23. The summed E-state index contributed by atoms with van der Waals surface area (Å²) in [4.78, 5) is 0. The van der Waals surface area contributed by atoms with Crippen molar-refractivity contribution in [3.05, 3.63) is 12.7 Å². The first kappa shape index (κ1) is 13.7. The van der Waals surface area contributed by atoms with Gasteiger partial charge in [-0.3, -0.25) is 0 Å². The second-order valence-electron chi connectivity index (χ2n) is 3.65. The van der Waals surface area contributed by atoms with E-state index in [-0.39, 0.29) is 12.2 Å². The Morgan fingerprint density at radius 1 is 1.36 bits per heavy atom. The lowest BCUT2D eigenvalue weighted by molar-refractivity contribution is -0.0256. The van der Waals surface area contributed by atoms with Crippen molar-refractivity contribution < 1.29 is 9.84 Å². The standard InChI is InChI=1S/C12H24O2/c1-4-6-7-8-9-10-12(13)11(3)14-5-2/h4,11-13H,1,5-10H2,2-3H3. The summed E-state index contributed by atoms with van der Waals surface area (Å²) in [5.41, 5.74) is 0. The summed E-state index contributed by atoms with van der Waals surface area (Å²) < 4.78 is 5.32. The SMILES string of the molecule is C=CCCCCCC(O)C(C)OCC. The monoisotopic (exact) mass is 200 g/mol. The number of ether oxygens (including phenoxy) is 1. The van der Waals surface area contributed by atoms with Gasteiger partial charge in [0.1, 0.15) is 0 Å². The fourth-order valence-electron chi connectivity index (χ4n) is 1.43. The first-order chi connectivity index (χ1) is 6.72. The van der Waals surface area contributed by atoms with Gasteiger partial charge >= 0.3 is 0 Å². The van der Waals surface area contributed by atoms with Crippen molar-refractivity contribution in [2.75, 3.05) is 6.61 Å². The van der Waals surface area contributed by atoms with Gasteiger partial charge in [-0.05, 0) is 33.1 Å². The van der Waals surface area contributed by atoms with Gasteiger partial charge < -0.3 is 9.84 Å². The van der Waals surface area contributed by atoms with Crippen LogP contribution in [0.1, 0.15) is 46.0 Å². The number of unbranched alkanes of at least 4 members (excludes halogenated alkanes) is 3. The lowest BCUT2D eigenvalue weighted by Gasteiger charge is -2.18. The molecule has 2 atom stereocenters. The lowest BCUT2D eigenvalue weighted by Crippen LogP contribution is -2.25. The molecule has 0 aromatic carbocycles. The molecular weight excluding hydrogens is 176 g/mol. The minimum Gasteiger partial charge on any atom is -0.390 e. The highest BCUT2D eigenvalue weighted by Gasteiger charge is 2.12. The van der Waals surface area contributed by atoms with Crippen molar-refractivity contribution in [1.82, 2.24) is 0 Å². The number of aliphatic hydroxyl groups is 1. The van der Waals surface area contributed by atoms with Crippen LogP contribution in [0.2, 0.25) is 0 Å². The van der Waals surface area contributed by atoms with Gasteiger partial charge in [0.05, 0.1) is 12.2 Å². The third kappa shape index (κ3) is 7.10. The van der Waals surface area contributed by atoms with Gasteiger partial charge in [-0.1, -0.05) is 18.9 Å². The Morgan fingerprint density at radius 2 is 2.07 bits per heavy atom. The summed E-state index contributed by atoms with van der Waals surface area (Å²) in [5.74, 6) is 0. The molecule has 0 saturated heterocycles. The van der Waals surface area contributed by atoms with Crippen molar-refractivity contribution >= 4 is 0 Å². The number of aliphatic hydroxyl groups excluding tert-OH is 1. The van der Waals surface area contributed by atoms with Gasteiger partial charge in [0.15, 0.2) is 0 Å². The van der Waals surface area contributed by atoms with Crippen LogP contribution < -0.4 is 0 Å². The average molecular weight is 200 g/mol. The van der Waals surface area contributed by atoms with E-state index in [1.165, 1.54) is 12.8 Å². The summed E-state index contributed by atoms with van der Waals surface area (Å²) in [5, 5.41) is 9.66. The number of allylic oxidation sites excluding steroid dienone is 1. The minimum atomic E-state index is -0.307. The predicted molar refractivity (Wildman–Crippen MR) is 60.4 cm³/mol. The van der Waals surface area contributed by atoms with Crippen LogP contribution in [0.4, 0.5) is 0 Å². The molecule has 0 radical (unpaired) electrons. The van der Waals surface area contributed by atoms with Crippen LogP contribution in [-0.2, 0) is 4.74 Å². The zero-order valence-corrected chi connectivity index (χ0v) is 9.54. The van der Waals surface area contributed by atoms with Gasteiger partial charge in [-0.2, -0.15) is 0 Å². The van der Waals surface area contributed by atoms with Gasteiger partial charge in [-0.25, -0.2) is 0 Å². The molecule has 0 aromatic heterocycles. The zero-order chi connectivity index (χ0) is 10.8. The summed E-state index contributed by atoms with van der Waals surface area (Å²) in [7, 11) is 0. The van der Waals surface area contributed by atoms with Crippen molar-refractivity contribution in [1.29, 1.82) is 0 Å². The first-order valence-corrected chi connectivity index (χ1v) is 5.63. The molecule has 1 N–H and O–H groups in total. The number of hydrogen-bond donors (Lipinski definition) is 1. The first-order valence-electron chi connectivity index (χ1n) is 5.63. The molecule has 0 bridgehead atoms. The van der Waals surface area contributed by atoms with Gasteiger partial charge in [0.25, 0.3) is 0 Å². The zero-order valence-electron chi connectivity index (χ0n) is 9.54. The van der Waals surface area contributed by atoms with Crippen LogP contribution in [0, 0.1) is 0 Å². The predicted octanol–water partition coefficient (Wildman–Crippen LogP) is 2.91. The maximum atomic E-state index is 9.66. The second-order valence-corrected chi connectivity index (χ2v) is 3.65. The molecule has 0 aliphatic carbocycles. The number of hydrogen-bond acceptors (Lipinski definition) is 2. The van der Waals surface area contributed by atoms with Crippen molar-refractivity contribution in [2.45, 2.75) is 58.2 Å².